The molecule has 0 unspecified atom stereocenters. The summed E-state index contributed by atoms with van der Waals surface area (Å²) in [6.45, 7) is -2.87. The largest absolute Gasteiger partial charge is 0.490 e. The third-order valence-corrected chi connectivity index (χ3v) is 11.3. The van der Waals surface area contributed by atoms with Crippen molar-refractivity contribution in [3.05, 3.63) is 64.7 Å². The Kier molecular flexibility index (Phi) is 6.94. The van der Waals surface area contributed by atoms with Gasteiger partial charge in [0, 0.05) is 51.6 Å². The van der Waals surface area contributed by atoms with Crippen molar-refractivity contribution in [2.45, 2.75) is 68.0 Å². The fourth-order valence-electron chi connectivity index (χ4n) is 7.05. The number of hydrogen-bond donors (Lipinski definition) is 1. The molecule has 2 aliphatic heterocycles. The van der Waals surface area contributed by atoms with Crippen molar-refractivity contribution >= 4 is 39.3 Å². The van der Waals surface area contributed by atoms with E-state index in [2.05, 4.69) is 9.62 Å². The molecular weight excluding hydrogens is 630 g/mol. The Bertz CT molecular complexity index is 1860. The summed E-state index contributed by atoms with van der Waals surface area (Å²) < 4.78 is 93.6. The van der Waals surface area contributed by atoms with Gasteiger partial charge >= 0.3 is 6.09 Å². The molecule has 10 nitrogen and oxygen atoms in total. The van der Waals surface area contributed by atoms with E-state index >= 15 is 0 Å². The second-order valence-electron chi connectivity index (χ2n) is 13.1. The van der Waals surface area contributed by atoms with E-state index in [1.54, 1.807) is 6.07 Å². The smallest absolute Gasteiger partial charge is 0.409 e. The minimum absolute atomic E-state index is 0.144. The summed E-state index contributed by atoms with van der Waals surface area (Å²) >= 11 is 6.40. The standard InChI is InChI=1S/C34H42ClN3O7S/c1-33(2)31(39)36-46(41,42)25-11-14-30-28(18-25)38(20-34(21-43-30)15-5-7-22-17-24(35)10-13-27(22)34)19-23-9-12-26(23)29(8-6-16-44-33)45-32(40)37(3)4/h6,8,10-11,13-14,17-18,23,26,29H,5,7,9,12,15-16,19-21H2,1-4H3,(H,36,39)/b8-6-/t23-,26+,29-,34-/m0/s1/i3D3,4D3. The normalized spacial score (nSPS) is 31.6. The van der Waals surface area contributed by atoms with Crippen LogP contribution in [0.2, 0.25) is 5.02 Å². The summed E-state index contributed by atoms with van der Waals surface area (Å²) in [5.74, 6) is -0.983. The topological polar surface area (TPSA) is 114 Å². The Morgan fingerprint density at radius 1 is 1.20 bits per heavy atom. The van der Waals surface area contributed by atoms with Crippen LogP contribution in [-0.2, 0) is 36.1 Å². The highest BCUT2D eigenvalue weighted by atomic mass is 35.5. The Labute approximate surface area is 284 Å². The molecule has 248 valence electrons. The fraction of sp³-hybridized carbons (Fsp3) is 0.529. The van der Waals surface area contributed by atoms with E-state index < -0.39 is 53.1 Å². The molecule has 2 heterocycles. The summed E-state index contributed by atoms with van der Waals surface area (Å²) in [4.78, 5) is 28.3. The molecule has 0 saturated heterocycles. The first-order valence-corrected chi connectivity index (χ1v) is 17.3. The van der Waals surface area contributed by atoms with Crippen molar-refractivity contribution in [2.24, 2.45) is 11.8 Å². The summed E-state index contributed by atoms with van der Waals surface area (Å²) in [5, 5.41) is 0.630. The first-order valence-electron chi connectivity index (χ1n) is 18.4. The van der Waals surface area contributed by atoms with Crippen LogP contribution in [0.4, 0.5) is 10.5 Å². The number of nitrogens with zero attached hydrogens (tertiary/aromatic N) is 2. The Balaban J connectivity index is 1.43. The van der Waals surface area contributed by atoms with Gasteiger partial charge in [0.05, 0.1) is 23.8 Å². The predicted octanol–water partition coefficient (Wildman–Crippen LogP) is 5.08. The van der Waals surface area contributed by atoms with Gasteiger partial charge in [-0.1, -0.05) is 23.7 Å². The van der Waals surface area contributed by atoms with Crippen LogP contribution < -0.4 is 14.4 Å². The summed E-state index contributed by atoms with van der Waals surface area (Å²) in [6, 6.07) is 10.3. The zero-order valence-electron chi connectivity index (χ0n) is 31.8. The number of aryl methyl sites for hydroxylation is 1. The zero-order valence-corrected chi connectivity index (χ0v) is 27.3. The number of hydrogen-bond acceptors (Lipinski definition) is 8. The minimum atomic E-state index is -4.34. The molecular formula is C34H42ClN3O7S. The van der Waals surface area contributed by atoms with Crippen molar-refractivity contribution in [3.8, 4) is 5.75 Å². The highest BCUT2D eigenvalue weighted by molar-refractivity contribution is 7.90. The molecule has 2 aliphatic carbocycles. The minimum Gasteiger partial charge on any atom is -0.490 e. The average molecular weight is 678 g/mol. The number of carbonyl (C=O) groups excluding carboxylic acids is 2. The SMILES string of the molecule is [2H]C([2H])([2H])N(C(=O)O[C@H]1/C=C\COC(C)(C)C(=O)NS(=O)(=O)c2ccc3c(c2)N(C[C@@H]2CC[C@H]21)C[C@@]1(CCCc2cc(Cl)ccc21)CO3)C([2H])([2H])[2H]. The van der Waals surface area contributed by atoms with Crippen LogP contribution in [0, 0.1) is 11.8 Å². The maximum absolute atomic E-state index is 13.6. The lowest BCUT2D eigenvalue weighted by Gasteiger charge is -2.46. The van der Waals surface area contributed by atoms with Crippen molar-refractivity contribution in [2.75, 3.05) is 45.2 Å². The molecule has 2 amide bonds. The van der Waals surface area contributed by atoms with Crippen LogP contribution in [0.1, 0.15) is 58.9 Å². The van der Waals surface area contributed by atoms with Crippen LogP contribution in [0.3, 0.4) is 0 Å². The van der Waals surface area contributed by atoms with Crippen LogP contribution in [-0.4, -0.2) is 77.3 Å². The van der Waals surface area contributed by atoms with Gasteiger partial charge in [0.1, 0.15) is 17.5 Å². The molecule has 1 saturated carbocycles. The number of halogens is 1. The molecule has 1 N–H and O–H groups in total. The number of nitrogens with one attached hydrogen (secondary N) is 1. The van der Waals surface area contributed by atoms with Gasteiger partial charge in [0.25, 0.3) is 15.9 Å². The van der Waals surface area contributed by atoms with Crippen LogP contribution in [0.15, 0.2) is 53.4 Å². The van der Waals surface area contributed by atoms with E-state index in [0.717, 1.165) is 30.4 Å². The van der Waals surface area contributed by atoms with Crippen molar-refractivity contribution in [3.63, 3.8) is 0 Å². The van der Waals surface area contributed by atoms with Crippen LogP contribution in [0.25, 0.3) is 0 Å². The Morgan fingerprint density at radius 3 is 2.78 bits per heavy atom. The van der Waals surface area contributed by atoms with Crippen molar-refractivity contribution < 1.29 is 40.4 Å². The molecule has 46 heavy (non-hydrogen) atoms. The second kappa shape index (κ2) is 12.4. The highest BCUT2D eigenvalue weighted by Crippen LogP contribution is 2.47. The molecule has 0 radical (unpaired) electrons. The molecule has 0 aromatic heterocycles. The van der Waals surface area contributed by atoms with E-state index in [1.807, 2.05) is 18.2 Å². The Morgan fingerprint density at radius 2 is 2.02 bits per heavy atom. The second-order valence-corrected chi connectivity index (χ2v) is 15.2. The lowest BCUT2D eigenvalue weighted by molar-refractivity contribution is -0.139. The maximum Gasteiger partial charge on any atom is 0.409 e. The highest BCUT2D eigenvalue weighted by Gasteiger charge is 2.45. The van der Waals surface area contributed by atoms with Gasteiger partial charge in [-0.2, -0.15) is 0 Å². The summed E-state index contributed by atoms with van der Waals surface area (Å²) in [6.07, 6.45) is 4.20. The lowest BCUT2D eigenvalue weighted by Crippen LogP contribution is -2.50. The molecule has 4 aliphatic rings. The van der Waals surface area contributed by atoms with Crippen LogP contribution in [0.5, 0.6) is 5.75 Å². The third kappa shape index (κ3) is 6.33. The number of anilines is 1. The quantitative estimate of drug-likeness (QED) is 0.416. The molecule has 2 aromatic rings. The monoisotopic (exact) mass is 677 g/mol. The number of sulfonamides is 1. The number of amides is 2. The molecule has 2 bridgehead atoms. The average Bonchev–Trinajstić information content (AvgIpc) is 3.16. The van der Waals surface area contributed by atoms with Gasteiger partial charge in [0.15, 0.2) is 0 Å². The van der Waals surface area contributed by atoms with Gasteiger partial charge in [-0.15, -0.1) is 0 Å². The molecule has 12 heteroatoms. The molecule has 1 spiro atoms. The Hall–Kier alpha value is -3.28. The first kappa shape index (κ1) is 25.8. The van der Waals surface area contributed by atoms with E-state index in [9.17, 15) is 18.0 Å². The maximum atomic E-state index is 13.6. The molecule has 2 aromatic carbocycles. The first-order chi connectivity index (χ1) is 24.2. The number of benzene rings is 2. The number of rotatable bonds is 1. The van der Waals surface area contributed by atoms with Gasteiger partial charge in [0.2, 0.25) is 0 Å². The number of carbonyl (C=O) groups is 2. The summed E-state index contributed by atoms with van der Waals surface area (Å²) in [7, 11) is -4.34. The van der Waals surface area contributed by atoms with Gasteiger partial charge in [-0.3, -0.25) is 4.79 Å². The van der Waals surface area contributed by atoms with Crippen molar-refractivity contribution in [1.82, 2.24) is 9.62 Å². The van der Waals surface area contributed by atoms with Gasteiger partial charge in [-0.25, -0.2) is 17.9 Å². The third-order valence-electron chi connectivity index (χ3n) is 9.73. The van der Waals surface area contributed by atoms with Crippen LogP contribution >= 0.6 is 11.6 Å². The summed E-state index contributed by atoms with van der Waals surface area (Å²) in [5.41, 5.74) is 0.604. The van der Waals surface area contributed by atoms with Gasteiger partial charge < -0.3 is 24.0 Å². The van der Waals surface area contributed by atoms with E-state index in [1.165, 1.54) is 38.1 Å². The zero-order chi connectivity index (χ0) is 37.9. The molecule has 4 atom stereocenters. The van der Waals surface area contributed by atoms with E-state index in [0.29, 0.717) is 49.0 Å². The fourth-order valence-corrected chi connectivity index (χ4v) is 8.37. The molecule has 6 rings (SSSR count). The lowest BCUT2D eigenvalue weighted by atomic mass is 9.68. The number of ether oxygens (including phenoxy) is 3. The van der Waals surface area contributed by atoms with E-state index in [-0.39, 0.29) is 28.2 Å². The van der Waals surface area contributed by atoms with Crippen molar-refractivity contribution in [1.29, 1.82) is 0 Å². The van der Waals surface area contributed by atoms with Gasteiger partial charge in [-0.05, 0) is 99.4 Å². The number of fused-ring (bicyclic) bond motifs is 4. The molecule has 1 fully saturated rings. The van der Waals surface area contributed by atoms with E-state index in [4.69, 9.17) is 34.0 Å². The predicted molar refractivity (Wildman–Crippen MR) is 175 cm³/mol.